The molecular weight excluding hydrogens is 268 g/mol. The summed E-state index contributed by atoms with van der Waals surface area (Å²) in [7, 11) is 0. The summed E-state index contributed by atoms with van der Waals surface area (Å²) in [6.07, 6.45) is 1.58. The molecule has 0 unspecified atom stereocenters. The van der Waals surface area contributed by atoms with Crippen LogP contribution in [0.1, 0.15) is 5.56 Å². The van der Waals surface area contributed by atoms with Gasteiger partial charge in [0, 0.05) is 0 Å². The van der Waals surface area contributed by atoms with Crippen LogP contribution >= 0.6 is 11.8 Å². The zero-order valence-corrected chi connectivity index (χ0v) is 10.6. The molecule has 1 saturated heterocycles. The molecule has 7 heteroatoms. The van der Waals surface area contributed by atoms with Gasteiger partial charge in [0.1, 0.15) is 0 Å². The molecule has 100 valence electrons. The highest BCUT2D eigenvalue weighted by molar-refractivity contribution is 8.18. The Hall–Kier alpha value is -1.99. The number of hydrogen-bond donors (Lipinski definition) is 4. The van der Waals surface area contributed by atoms with E-state index in [-0.39, 0.29) is 30.6 Å². The fourth-order valence-corrected chi connectivity index (χ4v) is 2.28. The van der Waals surface area contributed by atoms with Crippen LogP contribution in [0.5, 0.6) is 11.5 Å². The zero-order chi connectivity index (χ0) is 13.8. The molecule has 0 aromatic heterocycles. The maximum Gasteiger partial charge on any atom is 0.264 e. The summed E-state index contributed by atoms with van der Waals surface area (Å²) in [5.74, 6) is -0.739. The largest absolute Gasteiger partial charge is 0.504 e. The Bertz CT molecular complexity index is 569. The molecule has 0 aliphatic carbocycles. The lowest BCUT2D eigenvalue weighted by Gasteiger charge is -1.99. The SMILES string of the molecule is O=C1NC(=NCCO)S/C1=C\c1ccc(O)c(O)c1. The monoisotopic (exact) mass is 280 g/mol. The number of amides is 1. The first-order valence-electron chi connectivity index (χ1n) is 5.48. The van der Waals surface area contributed by atoms with Crippen molar-refractivity contribution in [1.82, 2.24) is 5.32 Å². The maximum absolute atomic E-state index is 11.6. The van der Waals surface area contributed by atoms with E-state index < -0.39 is 0 Å². The van der Waals surface area contributed by atoms with Crippen LogP contribution in [0.3, 0.4) is 0 Å². The summed E-state index contributed by atoms with van der Waals surface area (Å²) < 4.78 is 0. The molecule has 2 rings (SSSR count). The number of aromatic hydroxyl groups is 2. The van der Waals surface area contributed by atoms with Crippen molar-refractivity contribution >= 4 is 28.9 Å². The van der Waals surface area contributed by atoms with Gasteiger partial charge >= 0.3 is 0 Å². The molecule has 1 aromatic carbocycles. The van der Waals surface area contributed by atoms with Crippen LogP contribution in [0.4, 0.5) is 0 Å². The first kappa shape index (κ1) is 13.4. The Morgan fingerprint density at radius 3 is 2.79 bits per heavy atom. The van der Waals surface area contributed by atoms with E-state index in [9.17, 15) is 15.0 Å². The van der Waals surface area contributed by atoms with E-state index in [2.05, 4.69) is 10.3 Å². The molecule has 0 radical (unpaired) electrons. The lowest BCUT2D eigenvalue weighted by molar-refractivity contribution is -0.115. The number of nitrogens with one attached hydrogen (secondary N) is 1. The zero-order valence-electron chi connectivity index (χ0n) is 9.83. The second-order valence-electron chi connectivity index (χ2n) is 3.72. The minimum absolute atomic E-state index is 0.0786. The van der Waals surface area contributed by atoms with Crippen molar-refractivity contribution in [2.45, 2.75) is 0 Å². The fraction of sp³-hybridized carbons (Fsp3) is 0.167. The van der Waals surface area contributed by atoms with Gasteiger partial charge in [-0.1, -0.05) is 6.07 Å². The van der Waals surface area contributed by atoms with Crippen LogP contribution in [0.25, 0.3) is 6.08 Å². The van der Waals surface area contributed by atoms with E-state index in [1.165, 1.54) is 12.1 Å². The molecule has 0 saturated carbocycles. The van der Waals surface area contributed by atoms with E-state index in [1.807, 2.05) is 0 Å². The van der Waals surface area contributed by atoms with Gasteiger partial charge in [0.2, 0.25) is 0 Å². The maximum atomic E-state index is 11.6. The second kappa shape index (κ2) is 5.77. The Morgan fingerprint density at radius 2 is 2.11 bits per heavy atom. The second-order valence-corrected chi connectivity index (χ2v) is 4.75. The number of carbonyl (C=O) groups excluding carboxylic acids is 1. The van der Waals surface area contributed by atoms with Gasteiger partial charge in [-0.2, -0.15) is 0 Å². The molecule has 6 nitrogen and oxygen atoms in total. The molecule has 1 aliphatic rings. The van der Waals surface area contributed by atoms with Gasteiger partial charge in [-0.05, 0) is 35.5 Å². The van der Waals surface area contributed by atoms with E-state index in [4.69, 9.17) is 5.11 Å². The average Bonchev–Trinajstić information content (AvgIpc) is 2.72. The topological polar surface area (TPSA) is 102 Å². The standard InChI is InChI=1S/C12H12N2O4S/c15-4-3-13-12-14-11(18)10(19-12)6-7-1-2-8(16)9(17)5-7/h1-2,5-6,15-17H,3-4H2,(H,13,14,18)/b10-6-. The number of thioether (sulfide) groups is 1. The van der Waals surface area contributed by atoms with Gasteiger partial charge in [0.15, 0.2) is 16.7 Å². The summed E-state index contributed by atoms with van der Waals surface area (Å²) in [4.78, 5) is 16.1. The van der Waals surface area contributed by atoms with Gasteiger partial charge in [-0.25, -0.2) is 0 Å². The molecule has 1 aliphatic heterocycles. The fourth-order valence-electron chi connectivity index (χ4n) is 1.43. The molecular formula is C12H12N2O4S. The van der Waals surface area contributed by atoms with Crippen molar-refractivity contribution in [3.63, 3.8) is 0 Å². The minimum atomic E-state index is -0.283. The average molecular weight is 280 g/mol. The highest BCUT2D eigenvalue weighted by atomic mass is 32.2. The van der Waals surface area contributed by atoms with Gasteiger partial charge in [-0.3, -0.25) is 9.79 Å². The quantitative estimate of drug-likeness (QED) is 0.481. The molecule has 4 N–H and O–H groups in total. The number of carbonyl (C=O) groups is 1. The van der Waals surface area contributed by atoms with Gasteiger partial charge < -0.3 is 20.6 Å². The third kappa shape index (κ3) is 3.27. The summed E-state index contributed by atoms with van der Waals surface area (Å²) in [5, 5.41) is 30.2. The lowest BCUT2D eigenvalue weighted by Crippen LogP contribution is -2.20. The van der Waals surface area contributed by atoms with Gasteiger partial charge in [0.25, 0.3) is 5.91 Å². The highest BCUT2D eigenvalue weighted by Crippen LogP contribution is 2.29. The van der Waals surface area contributed by atoms with E-state index >= 15 is 0 Å². The molecule has 0 spiro atoms. The summed E-state index contributed by atoms with van der Waals surface area (Å²) in [6, 6.07) is 4.29. The number of aliphatic hydroxyl groups is 1. The number of phenols is 2. The smallest absolute Gasteiger partial charge is 0.264 e. The number of benzene rings is 1. The van der Waals surface area contributed by atoms with Crippen LogP contribution in [-0.2, 0) is 4.79 Å². The van der Waals surface area contributed by atoms with Crippen LogP contribution in [0.2, 0.25) is 0 Å². The summed E-state index contributed by atoms with van der Waals surface area (Å²) >= 11 is 1.16. The van der Waals surface area contributed by atoms with Crippen molar-refractivity contribution in [3.05, 3.63) is 28.7 Å². The molecule has 1 fully saturated rings. The summed E-state index contributed by atoms with van der Waals surface area (Å²) in [5.41, 5.74) is 0.594. The lowest BCUT2D eigenvalue weighted by atomic mass is 10.2. The summed E-state index contributed by atoms with van der Waals surface area (Å²) in [6.45, 7) is 0.153. The third-order valence-corrected chi connectivity index (χ3v) is 3.25. The van der Waals surface area contributed by atoms with Crippen molar-refractivity contribution in [3.8, 4) is 11.5 Å². The Balaban J connectivity index is 2.19. The van der Waals surface area contributed by atoms with Crippen molar-refractivity contribution < 1.29 is 20.1 Å². The predicted octanol–water partition coefficient (Wildman–Crippen LogP) is 0.650. The number of aliphatic imine (C=N–C) groups is 1. The van der Waals surface area contributed by atoms with Crippen LogP contribution in [0.15, 0.2) is 28.1 Å². The number of phenolic OH excluding ortho intramolecular Hbond substituents is 2. The Kier molecular flexibility index (Phi) is 4.08. The first-order chi connectivity index (χ1) is 9.10. The van der Waals surface area contributed by atoms with E-state index in [1.54, 1.807) is 12.1 Å². The highest BCUT2D eigenvalue weighted by Gasteiger charge is 2.23. The number of aliphatic hydroxyl groups excluding tert-OH is 1. The molecule has 1 amide bonds. The molecule has 1 aromatic rings. The molecule has 19 heavy (non-hydrogen) atoms. The van der Waals surface area contributed by atoms with Crippen molar-refractivity contribution in [1.29, 1.82) is 0 Å². The van der Waals surface area contributed by atoms with E-state index in [0.717, 1.165) is 11.8 Å². The van der Waals surface area contributed by atoms with Crippen LogP contribution in [0, 0.1) is 0 Å². The minimum Gasteiger partial charge on any atom is -0.504 e. The van der Waals surface area contributed by atoms with Crippen molar-refractivity contribution in [2.24, 2.45) is 4.99 Å². The number of hydrogen-bond acceptors (Lipinski definition) is 6. The Labute approximate surface area is 113 Å². The van der Waals surface area contributed by atoms with Crippen molar-refractivity contribution in [2.75, 3.05) is 13.2 Å². The van der Waals surface area contributed by atoms with E-state index in [0.29, 0.717) is 15.6 Å². The number of nitrogens with zero attached hydrogens (tertiary/aromatic N) is 1. The molecule has 0 atom stereocenters. The number of rotatable bonds is 3. The normalized spacial score (nSPS) is 19.1. The number of amidine groups is 1. The van der Waals surface area contributed by atoms with Crippen LogP contribution < -0.4 is 5.32 Å². The third-order valence-electron chi connectivity index (χ3n) is 2.30. The predicted molar refractivity (Wildman–Crippen MR) is 72.9 cm³/mol. The molecule has 0 bridgehead atoms. The first-order valence-corrected chi connectivity index (χ1v) is 6.30. The molecule has 1 heterocycles. The van der Waals surface area contributed by atoms with Gasteiger partial charge in [0.05, 0.1) is 18.1 Å². The van der Waals surface area contributed by atoms with Gasteiger partial charge in [-0.15, -0.1) is 0 Å². The Morgan fingerprint density at radius 1 is 1.32 bits per heavy atom. The van der Waals surface area contributed by atoms with Crippen LogP contribution in [-0.4, -0.2) is 39.5 Å².